The van der Waals surface area contributed by atoms with E-state index in [0.717, 1.165) is 46.2 Å². The van der Waals surface area contributed by atoms with Crippen molar-refractivity contribution in [2.24, 2.45) is 5.92 Å². The van der Waals surface area contributed by atoms with Crippen LogP contribution in [-0.2, 0) is 6.54 Å². The van der Waals surface area contributed by atoms with Crippen molar-refractivity contribution < 1.29 is 0 Å². The fraction of sp³-hybridized carbons (Fsp3) is 0.417. The van der Waals surface area contributed by atoms with Gasteiger partial charge in [0.15, 0.2) is 11.0 Å². The van der Waals surface area contributed by atoms with Gasteiger partial charge in [-0.05, 0) is 49.4 Å². The summed E-state index contributed by atoms with van der Waals surface area (Å²) in [5.74, 6) is 2.38. The van der Waals surface area contributed by atoms with Crippen LogP contribution in [0.1, 0.15) is 45.1 Å². The smallest absolute Gasteiger partial charge is 0.306 e. The van der Waals surface area contributed by atoms with E-state index in [1.54, 1.807) is 18.0 Å². The average Bonchev–Trinajstić information content (AvgIpc) is 3.38. The Morgan fingerprint density at radius 1 is 1.12 bits per heavy atom. The lowest BCUT2D eigenvalue weighted by molar-refractivity contribution is 0.247. The molecule has 1 aliphatic rings. The van der Waals surface area contributed by atoms with E-state index >= 15 is 0 Å². The highest BCUT2D eigenvalue weighted by atomic mass is 32.2. The van der Waals surface area contributed by atoms with E-state index in [9.17, 15) is 4.79 Å². The lowest BCUT2D eigenvalue weighted by Gasteiger charge is -2.31. The standard InChI is InChI=1S/C24H28N6OS/c1-17-8-2-4-11-20(17)30-22(18-9-6-13-25-16-18)27-28-24(30)32-15-7-14-29-21-12-5-3-10-19(21)26-23(29)31/h3,5-6,9-10,12-13,16-17,20H,2,4,7-8,11,14-15H2,1H3,(H,26,31). The number of aromatic nitrogens is 6. The van der Waals surface area contributed by atoms with Gasteiger partial charge in [-0.3, -0.25) is 14.1 Å². The summed E-state index contributed by atoms with van der Waals surface area (Å²) in [6.07, 6.45) is 9.47. The molecule has 1 saturated carbocycles. The number of pyridine rings is 1. The summed E-state index contributed by atoms with van der Waals surface area (Å²) in [6.45, 7) is 3.02. The van der Waals surface area contributed by atoms with Gasteiger partial charge in [-0.2, -0.15) is 0 Å². The first-order chi connectivity index (χ1) is 15.7. The van der Waals surface area contributed by atoms with Gasteiger partial charge in [-0.15, -0.1) is 10.2 Å². The van der Waals surface area contributed by atoms with Crippen LogP contribution in [0.5, 0.6) is 0 Å². The summed E-state index contributed by atoms with van der Waals surface area (Å²) >= 11 is 1.73. The summed E-state index contributed by atoms with van der Waals surface area (Å²) in [6, 6.07) is 12.2. The molecule has 1 aliphatic carbocycles. The first kappa shape index (κ1) is 21.0. The van der Waals surface area contributed by atoms with Crippen molar-refractivity contribution >= 4 is 22.8 Å². The molecule has 1 aromatic carbocycles. The van der Waals surface area contributed by atoms with E-state index in [1.807, 2.05) is 41.1 Å². The zero-order chi connectivity index (χ0) is 21.9. The summed E-state index contributed by atoms with van der Waals surface area (Å²) in [4.78, 5) is 19.5. The topological polar surface area (TPSA) is 81.4 Å². The van der Waals surface area contributed by atoms with Gasteiger partial charge in [0.25, 0.3) is 0 Å². The van der Waals surface area contributed by atoms with Gasteiger partial charge < -0.3 is 4.98 Å². The molecule has 0 spiro atoms. The number of aryl methyl sites for hydroxylation is 1. The Labute approximate surface area is 191 Å². The van der Waals surface area contributed by atoms with Crippen LogP contribution in [0.15, 0.2) is 58.7 Å². The number of fused-ring (bicyclic) bond motifs is 1. The predicted octanol–water partition coefficient (Wildman–Crippen LogP) is 4.92. The SMILES string of the molecule is CC1CCCCC1n1c(SCCCn2c(=O)[nH]c3ccccc32)nnc1-c1cccnc1. The van der Waals surface area contributed by atoms with E-state index in [0.29, 0.717) is 18.5 Å². The van der Waals surface area contributed by atoms with Crippen molar-refractivity contribution in [3.05, 3.63) is 59.3 Å². The summed E-state index contributed by atoms with van der Waals surface area (Å²) < 4.78 is 4.17. The Kier molecular flexibility index (Phi) is 6.12. The maximum atomic E-state index is 12.3. The number of nitrogens with zero attached hydrogens (tertiary/aromatic N) is 5. The van der Waals surface area contributed by atoms with Crippen molar-refractivity contribution in [2.75, 3.05) is 5.75 Å². The van der Waals surface area contributed by atoms with Gasteiger partial charge in [-0.1, -0.05) is 43.7 Å². The number of hydrogen-bond donors (Lipinski definition) is 1. The normalized spacial score (nSPS) is 18.9. The monoisotopic (exact) mass is 448 g/mol. The number of thioether (sulfide) groups is 1. The number of benzene rings is 1. The molecule has 0 saturated heterocycles. The molecule has 5 rings (SSSR count). The van der Waals surface area contributed by atoms with Crippen LogP contribution in [0.4, 0.5) is 0 Å². The van der Waals surface area contributed by atoms with Crippen LogP contribution in [0.2, 0.25) is 0 Å². The number of imidazole rings is 1. The third kappa shape index (κ3) is 4.11. The Morgan fingerprint density at radius 3 is 2.84 bits per heavy atom. The second-order valence-corrected chi connectivity index (χ2v) is 9.61. The Bertz CT molecular complexity index is 1240. The highest BCUT2D eigenvalue weighted by Crippen LogP contribution is 2.38. The number of para-hydroxylation sites is 2. The fourth-order valence-electron chi connectivity index (χ4n) is 4.76. The van der Waals surface area contributed by atoms with Gasteiger partial charge in [0, 0.05) is 36.3 Å². The molecule has 166 valence electrons. The van der Waals surface area contributed by atoms with Gasteiger partial charge in [0.05, 0.1) is 11.0 Å². The third-order valence-electron chi connectivity index (χ3n) is 6.42. The van der Waals surface area contributed by atoms with Crippen LogP contribution < -0.4 is 5.69 Å². The van der Waals surface area contributed by atoms with Crippen molar-refractivity contribution in [3.8, 4) is 11.4 Å². The van der Waals surface area contributed by atoms with Crippen LogP contribution in [-0.4, -0.2) is 35.1 Å². The second-order valence-electron chi connectivity index (χ2n) is 8.55. The van der Waals surface area contributed by atoms with Crippen LogP contribution in [0.3, 0.4) is 0 Å². The lowest BCUT2D eigenvalue weighted by Crippen LogP contribution is -2.22. The number of aromatic amines is 1. The van der Waals surface area contributed by atoms with Crippen molar-refractivity contribution in [1.82, 2.24) is 29.3 Å². The summed E-state index contributed by atoms with van der Waals surface area (Å²) in [5.41, 5.74) is 2.81. The maximum absolute atomic E-state index is 12.3. The minimum Gasteiger partial charge on any atom is -0.306 e. The molecule has 0 bridgehead atoms. The minimum atomic E-state index is -0.0470. The lowest BCUT2D eigenvalue weighted by atomic mass is 9.85. The molecule has 0 radical (unpaired) electrons. The molecule has 32 heavy (non-hydrogen) atoms. The van der Waals surface area contributed by atoms with Crippen molar-refractivity contribution in [2.45, 2.75) is 56.8 Å². The Hall–Kier alpha value is -2.87. The Balaban J connectivity index is 1.35. The average molecular weight is 449 g/mol. The molecule has 2 atom stereocenters. The van der Waals surface area contributed by atoms with E-state index in [2.05, 4.69) is 37.7 Å². The number of rotatable bonds is 7. The van der Waals surface area contributed by atoms with Crippen molar-refractivity contribution in [1.29, 1.82) is 0 Å². The van der Waals surface area contributed by atoms with Gasteiger partial charge in [0.1, 0.15) is 0 Å². The molecule has 0 amide bonds. The zero-order valence-electron chi connectivity index (χ0n) is 18.3. The predicted molar refractivity (Wildman–Crippen MR) is 128 cm³/mol. The molecule has 4 aromatic rings. The largest absolute Gasteiger partial charge is 0.326 e. The Morgan fingerprint density at radius 2 is 2.00 bits per heavy atom. The van der Waals surface area contributed by atoms with E-state index in [4.69, 9.17) is 0 Å². The number of hydrogen-bond acceptors (Lipinski definition) is 5. The molecule has 7 nitrogen and oxygen atoms in total. The van der Waals surface area contributed by atoms with E-state index in [-0.39, 0.29) is 5.69 Å². The minimum absolute atomic E-state index is 0.0470. The van der Waals surface area contributed by atoms with Crippen LogP contribution >= 0.6 is 11.8 Å². The fourth-order valence-corrected chi connectivity index (χ4v) is 5.68. The first-order valence-corrected chi connectivity index (χ1v) is 12.4. The van der Waals surface area contributed by atoms with Crippen molar-refractivity contribution in [3.63, 3.8) is 0 Å². The zero-order valence-corrected chi connectivity index (χ0v) is 19.1. The molecule has 3 aromatic heterocycles. The highest BCUT2D eigenvalue weighted by molar-refractivity contribution is 7.99. The van der Waals surface area contributed by atoms with Gasteiger partial charge in [-0.25, -0.2) is 4.79 Å². The third-order valence-corrected chi connectivity index (χ3v) is 7.45. The number of H-pyrrole nitrogens is 1. The molecule has 3 heterocycles. The molecular formula is C24H28N6OS. The molecule has 1 N–H and O–H groups in total. The molecule has 1 fully saturated rings. The first-order valence-electron chi connectivity index (χ1n) is 11.4. The van der Waals surface area contributed by atoms with E-state index in [1.165, 1.54) is 19.3 Å². The van der Waals surface area contributed by atoms with Gasteiger partial charge in [0.2, 0.25) is 0 Å². The molecule has 0 aliphatic heterocycles. The van der Waals surface area contributed by atoms with Crippen LogP contribution in [0.25, 0.3) is 22.4 Å². The maximum Gasteiger partial charge on any atom is 0.326 e. The molecule has 8 heteroatoms. The summed E-state index contributed by atoms with van der Waals surface area (Å²) in [7, 11) is 0. The van der Waals surface area contributed by atoms with Crippen LogP contribution in [0, 0.1) is 5.92 Å². The van der Waals surface area contributed by atoms with Gasteiger partial charge >= 0.3 is 5.69 Å². The van der Waals surface area contributed by atoms with E-state index < -0.39 is 0 Å². The second kappa shape index (κ2) is 9.32. The number of nitrogens with one attached hydrogen (secondary N) is 1. The molecule has 2 unspecified atom stereocenters. The highest BCUT2D eigenvalue weighted by Gasteiger charge is 2.28. The quantitative estimate of drug-likeness (QED) is 0.321. The molecular weight excluding hydrogens is 420 g/mol. The summed E-state index contributed by atoms with van der Waals surface area (Å²) in [5, 5.41) is 10.1.